The molecule has 0 aliphatic rings. The van der Waals surface area contributed by atoms with Crippen LogP contribution in [0.1, 0.15) is 26.4 Å². The van der Waals surface area contributed by atoms with Crippen LogP contribution in [-0.4, -0.2) is 37.3 Å². The SMILES string of the molecule is COc1ccc(C(=O)Oc2ccc(C=NNC(=O)c3[nH]c4ccc(Br)cc4c3-c3ccccc3Cl)cc2OC)cc1. The molecule has 0 saturated heterocycles. The topological polar surface area (TPSA) is 102 Å². The van der Waals surface area contributed by atoms with Crippen LogP contribution in [0.5, 0.6) is 17.2 Å². The Morgan fingerprint density at radius 3 is 2.44 bits per heavy atom. The van der Waals surface area contributed by atoms with Crippen molar-refractivity contribution >= 4 is 56.5 Å². The molecule has 206 valence electrons. The number of esters is 1. The Morgan fingerprint density at radius 2 is 1.71 bits per heavy atom. The third kappa shape index (κ3) is 6.11. The maximum absolute atomic E-state index is 13.3. The van der Waals surface area contributed by atoms with Crippen LogP contribution in [-0.2, 0) is 0 Å². The van der Waals surface area contributed by atoms with Gasteiger partial charge in [0.05, 0.1) is 26.0 Å². The number of H-pyrrole nitrogens is 1. The normalized spacial score (nSPS) is 11.0. The number of aromatic amines is 1. The van der Waals surface area contributed by atoms with E-state index in [1.807, 2.05) is 36.4 Å². The fourth-order valence-corrected chi connectivity index (χ4v) is 4.83. The van der Waals surface area contributed by atoms with Gasteiger partial charge in [-0.2, -0.15) is 5.10 Å². The van der Waals surface area contributed by atoms with Crippen molar-refractivity contribution < 1.29 is 23.8 Å². The Bertz CT molecular complexity index is 1780. The number of hydrogen-bond donors (Lipinski definition) is 2. The molecule has 8 nitrogen and oxygen atoms in total. The number of ether oxygens (including phenoxy) is 3. The Hall–Kier alpha value is -4.60. The summed E-state index contributed by atoms with van der Waals surface area (Å²) >= 11 is 10.0. The molecule has 4 aromatic carbocycles. The molecule has 0 aliphatic heterocycles. The molecule has 0 radical (unpaired) electrons. The van der Waals surface area contributed by atoms with Gasteiger partial charge in [-0.25, -0.2) is 10.2 Å². The quantitative estimate of drug-likeness (QED) is 0.0812. The highest BCUT2D eigenvalue weighted by Crippen LogP contribution is 2.37. The van der Waals surface area contributed by atoms with Crippen LogP contribution >= 0.6 is 27.5 Å². The van der Waals surface area contributed by atoms with E-state index < -0.39 is 11.9 Å². The van der Waals surface area contributed by atoms with Gasteiger partial charge in [0.15, 0.2) is 11.5 Å². The molecule has 1 aromatic heterocycles. The van der Waals surface area contributed by atoms with E-state index in [2.05, 4.69) is 31.4 Å². The molecule has 1 heterocycles. The second-order valence-electron chi connectivity index (χ2n) is 8.77. The number of amides is 1. The average molecular weight is 633 g/mol. The molecule has 10 heteroatoms. The highest BCUT2D eigenvalue weighted by molar-refractivity contribution is 9.10. The molecule has 0 spiro atoms. The summed E-state index contributed by atoms with van der Waals surface area (Å²) in [6.45, 7) is 0. The Balaban J connectivity index is 1.35. The first-order valence-corrected chi connectivity index (χ1v) is 13.5. The van der Waals surface area contributed by atoms with E-state index in [4.69, 9.17) is 25.8 Å². The van der Waals surface area contributed by atoms with E-state index in [-0.39, 0.29) is 5.75 Å². The number of nitrogens with zero attached hydrogens (tertiary/aromatic N) is 1. The average Bonchev–Trinajstić information content (AvgIpc) is 3.36. The molecule has 2 N–H and O–H groups in total. The molecule has 41 heavy (non-hydrogen) atoms. The first-order chi connectivity index (χ1) is 19.9. The summed E-state index contributed by atoms with van der Waals surface area (Å²) in [7, 11) is 3.01. The van der Waals surface area contributed by atoms with Crippen LogP contribution < -0.4 is 19.6 Å². The van der Waals surface area contributed by atoms with Crippen molar-refractivity contribution in [2.24, 2.45) is 5.10 Å². The molecular formula is C31H23BrClN3O5. The molecule has 5 aromatic rings. The maximum Gasteiger partial charge on any atom is 0.343 e. The van der Waals surface area contributed by atoms with Gasteiger partial charge in [0.25, 0.3) is 5.91 Å². The van der Waals surface area contributed by atoms with Crippen LogP contribution in [0, 0.1) is 0 Å². The van der Waals surface area contributed by atoms with Gasteiger partial charge in [0.1, 0.15) is 11.4 Å². The number of fused-ring (bicyclic) bond motifs is 1. The van der Waals surface area contributed by atoms with E-state index in [9.17, 15) is 9.59 Å². The fourth-order valence-electron chi connectivity index (χ4n) is 4.23. The van der Waals surface area contributed by atoms with E-state index >= 15 is 0 Å². The highest BCUT2D eigenvalue weighted by Gasteiger charge is 2.21. The number of methoxy groups -OCH3 is 2. The molecule has 0 saturated carbocycles. The van der Waals surface area contributed by atoms with Gasteiger partial charge >= 0.3 is 5.97 Å². The van der Waals surface area contributed by atoms with E-state index in [0.717, 1.165) is 20.9 Å². The standard InChI is InChI=1S/C31H23BrClN3O5/c1-39-21-11-8-19(9-12-21)31(38)41-26-14-7-18(15-27(26)40-2)17-34-36-30(37)29-28(22-5-3-4-6-24(22)33)23-16-20(32)10-13-25(23)35-29/h3-17,35H,1-2H3,(H,36,37). The molecule has 0 bridgehead atoms. The van der Waals surface area contributed by atoms with Gasteiger partial charge in [0.2, 0.25) is 0 Å². The Labute approximate surface area is 249 Å². The fraction of sp³-hybridized carbons (Fsp3) is 0.0645. The van der Waals surface area contributed by atoms with E-state index in [1.165, 1.54) is 13.3 Å². The molecule has 5 rings (SSSR count). The number of benzene rings is 4. The first-order valence-electron chi connectivity index (χ1n) is 12.3. The number of aromatic nitrogens is 1. The number of halogens is 2. The van der Waals surface area contributed by atoms with Crippen molar-refractivity contribution in [2.75, 3.05) is 14.2 Å². The minimum atomic E-state index is -0.542. The Morgan fingerprint density at radius 1 is 0.927 bits per heavy atom. The number of hydrogen-bond acceptors (Lipinski definition) is 6. The van der Waals surface area contributed by atoms with Crippen molar-refractivity contribution in [2.45, 2.75) is 0 Å². The summed E-state index contributed by atoms with van der Waals surface area (Å²) in [6, 6.07) is 24.5. The molecule has 0 fully saturated rings. The molecular weight excluding hydrogens is 610 g/mol. The van der Waals surface area contributed by atoms with Crippen molar-refractivity contribution in [3.63, 3.8) is 0 Å². The monoisotopic (exact) mass is 631 g/mol. The van der Waals surface area contributed by atoms with Gasteiger partial charge < -0.3 is 19.2 Å². The van der Waals surface area contributed by atoms with E-state index in [1.54, 1.807) is 55.6 Å². The second-order valence-corrected chi connectivity index (χ2v) is 10.1. The van der Waals surface area contributed by atoms with Crippen LogP contribution in [0.3, 0.4) is 0 Å². The van der Waals surface area contributed by atoms with Gasteiger partial charge in [-0.05, 0) is 72.3 Å². The number of carbonyl (C=O) groups is 2. The lowest BCUT2D eigenvalue weighted by atomic mass is 10.0. The lowest BCUT2D eigenvalue weighted by molar-refractivity contribution is 0.0729. The Kier molecular flexibility index (Phi) is 8.37. The maximum atomic E-state index is 13.3. The second kappa shape index (κ2) is 12.3. The summed E-state index contributed by atoms with van der Waals surface area (Å²) in [5, 5.41) is 5.49. The van der Waals surface area contributed by atoms with Gasteiger partial charge in [0, 0.05) is 31.5 Å². The van der Waals surface area contributed by atoms with Gasteiger partial charge in [-0.1, -0.05) is 45.7 Å². The number of nitrogens with one attached hydrogen (secondary N) is 2. The zero-order valence-corrected chi connectivity index (χ0v) is 24.2. The largest absolute Gasteiger partial charge is 0.497 e. The van der Waals surface area contributed by atoms with Crippen molar-refractivity contribution in [1.82, 2.24) is 10.4 Å². The minimum Gasteiger partial charge on any atom is -0.497 e. The predicted molar refractivity (Wildman–Crippen MR) is 162 cm³/mol. The lowest BCUT2D eigenvalue weighted by Gasteiger charge is -2.10. The minimum absolute atomic E-state index is 0.239. The first kappa shape index (κ1) is 27.9. The van der Waals surface area contributed by atoms with Crippen molar-refractivity contribution in [3.05, 3.63) is 111 Å². The summed E-state index contributed by atoms with van der Waals surface area (Å²) < 4.78 is 16.9. The molecule has 0 unspecified atom stereocenters. The number of hydrazone groups is 1. The zero-order valence-electron chi connectivity index (χ0n) is 21.9. The van der Waals surface area contributed by atoms with Crippen LogP contribution in [0.15, 0.2) is 94.5 Å². The molecule has 1 amide bonds. The van der Waals surface area contributed by atoms with Crippen molar-refractivity contribution in [1.29, 1.82) is 0 Å². The van der Waals surface area contributed by atoms with Crippen LogP contribution in [0.2, 0.25) is 5.02 Å². The van der Waals surface area contributed by atoms with Gasteiger partial charge in [-0.3, -0.25) is 4.79 Å². The summed E-state index contributed by atoms with van der Waals surface area (Å²) in [6.07, 6.45) is 1.46. The summed E-state index contributed by atoms with van der Waals surface area (Å²) in [4.78, 5) is 29.0. The lowest BCUT2D eigenvalue weighted by Crippen LogP contribution is -2.19. The smallest absolute Gasteiger partial charge is 0.343 e. The zero-order chi connectivity index (χ0) is 28.9. The van der Waals surface area contributed by atoms with Gasteiger partial charge in [-0.15, -0.1) is 0 Å². The van der Waals surface area contributed by atoms with Crippen LogP contribution in [0.25, 0.3) is 22.0 Å². The number of carbonyl (C=O) groups excluding carboxylic acids is 2. The third-order valence-electron chi connectivity index (χ3n) is 6.23. The van der Waals surface area contributed by atoms with Crippen LogP contribution in [0.4, 0.5) is 0 Å². The number of rotatable bonds is 8. The molecule has 0 aliphatic carbocycles. The predicted octanol–water partition coefficient (Wildman–Crippen LogP) is 7.25. The third-order valence-corrected chi connectivity index (χ3v) is 7.05. The highest BCUT2D eigenvalue weighted by atomic mass is 79.9. The summed E-state index contributed by atoms with van der Waals surface area (Å²) in [5.41, 5.74) is 6.04. The molecule has 0 atom stereocenters. The van der Waals surface area contributed by atoms with E-state index in [0.29, 0.717) is 38.9 Å². The summed E-state index contributed by atoms with van der Waals surface area (Å²) in [5.74, 6) is 0.208. The van der Waals surface area contributed by atoms with Crippen molar-refractivity contribution in [3.8, 4) is 28.4 Å².